The largest absolute Gasteiger partial charge is 0.464 e. The summed E-state index contributed by atoms with van der Waals surface area (Å²) in [4.78, 5) is 32.1. The van der Waals surface area contributed by atoms with Gasteiger partial charge in [0.1, 0.15) is 12.1 Å². The van der Waals surface area contributed by atoms with Crippen molar-refractivity contribution in [2.45, 2.75) is 145 Å². The van der Waals surface area contributed by atoms with Gasteiger partial charge in [0.15, 0.2) is 0 Å². The van der Waals surface area contributed by atoms with Gasteiger partial charge in [-0.15, -0.1) is 0 Å². The Kier molecular flexibility index (Phi) is 11.3. The molecule has 0 bridgehead atoms. The Morgan fingerprint density at radius 3 is 0.882 bits per heavy atom. The Bertz CT molecular complexity index is 572. The Labute approximate surface area is 211 Å². The molecule has 0 amide bonds. The SMILES string of the molecule is CC(C)COC(=O)C(C(C(=O)OCC(C)C)N(C(C)(C)C)C(C)(C)C)N(C(C)(C)C)C(C)(C)C. The van der Waals surface area contributed by atoms with Gasteiger partial charge in [0.25, 0.3) is 0 Å². The van der Waals surface area contributed by atoms with Crippen molar-refractivity contribution >= 4 is 11.9 Å². The third-order valence-electron chi connectivity index (χ3n) is 5.35. The van der Waals surface area contributed by atoms with Crippen LogP contribution in [-0.4, -0.2) is 69.2 Å². The van der Waals surface area contributed by atoms with E-state index < -0.39 is 34.2 Å². The van der Waals surface area contributed by atoms with Crippen molar-refractivity contribution < 1.29 is 19.1 Å². The van der Waals surface area contributed by atoms with Crippen LogP contribution in [-0.2, 0) is 19.1 Å². The van der Waals surface area contributed by atoms with Crippen molar-refractivity contribution in [1.29, 1.82) is 0 Å². The first-order chi connectivity index (χ1) is 14.9. The van der Waals surface area contributed by atoms with Crippen molar-refractivity contribution in [3.05, 3.63) is 0 Å². The molecular formula is C28H56N2O4. The van der Waals surface area contributed by atoms with Gasteiger partial charge < -0.3 is 9.47 Å². The van der Waals surface area contributed by atoms with Gasteiger partial charge in [0, 0.05) is 22.2 Å². The molecule has 0 fully saturated rings. The molecule has 0 aliphatic rings. The van der Waals surface area contributed by atoms with E-state index in [-0.39, 0.29) is 23.8 Å². The number of hydrogen-bond acceptors (Lipinski definition) is 6. The fourth-order valence-electron chi connectivity index (χ4n) is 5.10. The summed E-state index contributed by atoms with van der Waals surface area (Å²) in [6, 6.07) is -1.70. The first-order valence-electron chi connectivity index (χ1n) is 12.8. The summed E-state index contributed by atoms with van der Waals surface area (Å²) >= 11 is 0. The molecule has 0 aliphatic heterocycles. The first-order valence-corrected chi connectivity index (χ1v) is 12.8. The average Bonchev–Trinajstić information content (AvgIpc) is 2.55. The maximum Gasteiger partial charge on any atom is 0.325 e. The van der Waals surface area contributed by atoms with Crippen molar-refractivity contribution in [3.8, 4) is 0 Å². The molecule has 34 heavy (non-hydrogen) atoms. The summed E-state index contributed by atoms with van der Waals surface area (Å²) in [6.07, 6.45) is 0. The van der Waals surface area contributed by atoms with Crippen LogP contribution in [0.1, 0.15) is 111 Å². The molecule has 0 rings (SSSR count). The van der Waals surface area contributed by atoms with Crippen LogP contribution in [0.4, 0.5) is 0 Å². The lowest BCUT2D eigenvalue weighted by atomic mass is 9.85. The normalized spacial score (nSPS) is 15.8. The molecule has 6 nitrogen and oxygen atoms in total. The molecule has 0 aromatic rings. The van der Waals surface area contributed by atoms with Gasteiger partial charge in [0.2, 0.25) is 0 Å². The molecule has 0 saturated carbocycles. The minimum Gasteiger partial charge on any atom is -0.464 e. The summed E-state index contributed by atoms with van der Waals surface area (Å²) < 4.78 is 11.7. The highest BCUT2D eigenvalue weighted by Gasteiger charge is 2.54. The van der Waals surface area contributed by atoms with Gasteiger partial charge in [0.05, 0.1) is 13.2 Å². The second kappa shape index (κ2) is 11.7. The minimum atomic E-state index is -0.850. The van der Waals surface area contributed by atoms with Crippen LogP contribution < -0.4 is 0 Å². The van der Waals surface area contributed by atoms with Crippen LogP contribution in [0.5, 0.6) is 0 Å². The molecule has 0 aromatic carbocycles. The van der Waals surface area contributed by atoms with E-state index in [9.17, 15) is 9.59 Å². The minimum absolute atomic E-state index is 0.190. The first kappa shape index (κ1) is 32.9. The molecule has 2 unspecified atom stereocenters. The van der Waals surface area contributed by atoms with Crippen LogP contribution in [0.25, 0.3) is 0 Å². The zero-order valence-corrected chi connectivity index (χ0v) is 25.3. The lowest BCUT2D eigenvalue weighted by molar-refractivity contribution is -0.180. The maximum absolute atomic E-state index is 13.9. The van der Waals surface area contributed by atoms with Gasteiger partial charge >= 0.3 is 11.9 Å². The van der Waals surface area contributed by atoms with E-state index in [2.05, 4.69) is 92.9 Å². The number of carbonyl (C=O) groups is 2. The average molecular weight is 485 g/mol. The van der Waals surface area contributed by atoms with E-state index in [1.54, 1.807) is 0 Å². The summed E-state index contributed by atoms with van der Waals surface area (Å²) in [5, 5.41) is 0. The van der Waals surface area contributed by atoms with Crippen molar-refractivity contribution in [2.75, 3.05) is 13.2 Å². The van der Waals surface area contributed by atoms with E-state index in [1.165, 1.54) is 0 Å². The highest BCUT2D eigenvalue weighted by atomic mass is 16.5. The smallest absolute Gasteiger partial charge is 0.325 e. The van der Waals surface area contributed by atoms with E-state index in [4.69, 9.17) is 9.47 Å². The Balaban J connectivity index is 7.20. The molecule has 0 saturated heterocycles. The van der Waals surface area contributed by atoms with Crippen molar-refractivity contribution in [1.82, 2.24) is 9.80 Å². The molecule has 0 spiro atoms. The third kappa shape index (κ3) is 9.85. The fraction of sp³-hybridized carbons (Fsp3) is 0.929. The predicted octanol–water partition coefficient (Wildman–Crippen LogP) is 5.92. The van der Waals surface area contributed by atoms with Crippen LogP contribution in [0.2, 0.25) is 0 Å². The van der Waals surface area contributed by atoms with E-state index in [0.717, 1.165) is 0 Å². The molecule has 6 heteroatoms. The fourth-order valence-corrected chi connectivity index (χ4v) is 5.10. The summed E-state index contributed by atoms with van der Waals surface area (Å²) in [5.74, 6) is -0.392. The van der Waals surface area contributed by atoms with E-state index in [1.807, 2.05) is 27.7 Å². The summed E-state index contributed by atoms with van der Waals surface area (Å²) in [5.41, 5.74) is -1.68. The highest BCUT2D eigenvalue weighted by molar-refractivity contribution is 5.87. The summed E-state index contributed by atoms with van der Waals surface area (Å²) in [6.45, 7) is 33.6. The third-order valence-corrected chi connectivity index (χ3v) is 5.35. The maximum atomic E-state index is 13.9. The highest BCUT2D eigenvalue weighted by Crippen LogP contribution is 2.36. The molecule has 2 atom stereocenters. The quantitative estimate of drug-likeness (QED) is 0.379. The molecular weight excluding hydrogens is 428 g/mol. The van der Waals surface area contributed by atoms with Gasteiger partial charge in [-0.25, -0.2) is 0 Å². The molecule has 0 aliphatic carbocycles. The lowest BCUT2D eigenvalue weighted by Crippen LogP contribution is -2.72. The van der Waals surface area contributed by atoms with Gasteiger partial charge in [-0.2, -0.15) is 0 Å². The second-order valence-corrected chi connectivity index (χ2v) is 14.4. The molecule has 0 aromatic heterocycles. The molecule has 0 N–H and O–H groups in total. The molecule has 202 valence electrons. The van der Waals surface area contributed by atoms with Crippen LogP contribution >= 0.6 is 0 Å². The molecule has 0 radical (unpaired) electrons. The number of hydrogen-bond donors (Lipinski definition) is 0. The van der Waals surface area contributed by atoms with Gasteiger partial charge in [-0.3, -0.25) is 19.4 Å². The topological polar surface area (TPSA) is 59.1 Å². The van der Waals surface area contributed by atoms with E-state index in [0.29, 0.717) is 13.2 Å². The Morgan fingerprint density at radius 1 is 0.529 bits per heavy atom. The van der Waals surface area contributed by atoms with Crippen LogP contribution in [0, 0.1) is 11.8 Å². The number of carbonyl (C=O) groups excluding carboxylic acids is 2. The zero-order chi connectivity index (χ0) is 27.4. The standard InChI is InChI=1S/C28H56N2O4/c1-19(2)17-33-23(31)21(29(25(5,6)7)26(8,9)10)22(24(32)34-18-20(3)4)30(27(11,12)13)28(14,15)16/h19-22H,17-18H2,1-16H3. The van der Waals surface area contributed by atoms with Crippen molar-refractivity contribution in [2.24, 2.45) is 11.8 Å². The Morgan fingerprint density at radius 2 is 0.735 bits per heavy atom. The predicted molar refractivity (Wildman–Crippen MR) is 142 cm³/mol. The van der Waals surface area contributed by atoms with E-state index >= 15 is 0 Å². The van der Waals surface area contributed by atoms with Crippen LogP contribution in [0.15, 0.2) is 0 Å². The number of rotatable bonds is 9. The number of nitrogens with zero attached hydrogens (tertiary/aromatic N) is 2. The zero-order valence-electron chi connectivity index (χ0n) is 25.3. The van der Waals surface area contributed by atoms with Gasteiger partial charge in [-0.05, 0) is 94.9 Å². The van der Waals surface area contributed by atoms with Crippen molar-refractivity contribution in [3.63, 3.8) is 0 Å². The number of ether oxygens (including phenoxy) is 2. The second-order valence-electron chi connectivity index (χ2n) is 14.4. The lowest BCUT2D eigenvalue weighted by Gasteiger charge is -2.56. The van der Waals surface area contributed by atoms with Crippen LogP contribution in [0.3, 0.4) is 0 Å². The van der Waals surface area contributed by atoms with Gasteiger partial charge in [-0.1, -0.05) is 27.7 Å². The molecule has 0 heterocycles. The number of esters is 2. The summed E-state index contributed by atoms with van der Waals surface area (Å²) in [7, 11) is 0. The monoisotopic (exact) mass is 484 g/mol. The Hall–Kier alpha value is -1.14.